The Bertz CT molecular complexity index is 4310. The first-order valence-electron chi connectivity index (χ1n) is 27.1. The van der Waals surface area contributed by atoms with E-state index in [1.165, 1.54) is 81.9 Å². The molecule has 0 spiro atoms. The summed E-state index contributed by atoms with van der Waals surface area (Å²) in [5, 5.41) is 0. The van der Waals surface area contributed by atoms with Crippen LogP contribution in [0.5, 0.6) is 11.5 Å². The Hall–Kier alpha value is -9.68. The SMILES string of the molecule is c1ccc(-c2cc3c4c(c2)N(c2ccccc2-c2ccccc2)c2cc5c(cc2B4c2ccccc2N3c2ccccc2-c2ccccc2)B2c3ccccc3Oc3cc(N(c4ccccc4)c4ccccc4)cc(c32)S5)cc1. The molecule has 4 aliphatic rings. The number of para-hydroxylation sites is 6. The summed E-state index contributed by atoms with van der Waals surface area (Å²) >= 11 is 1.87. The van der Waals surface area contributed by atoms with Crippen LogP contribution in [0.4, 0.5) is 51.2 Å². The van der Waals surface area contributed by atoms with Gasteiger partial charge in [-0.15, -0.1) is 0 Å². The maximum atomic E-state index is 7.09. The Morgan fingerprint density at radius 2 is 0.772 bits per heavy atom. The van der Waals surface area contributed by atoms with Gasteiger partial charge in [-0.1, -0.05) is 223 Å². The van der Waals surface area contributed by atoms with E-state index < -0.39 is 0 Å². The molecule has 0 atom stereocenters. The Labute approximate surface area is 465 Å². The lowest BCUT2D eigenvalue weighted by Gasteiger charge is -2.46. The van der Waals surface area contributed by atoms with Gasteiger partial charge in [-0.25, -0.2) is 0 Å². The van der Waals surface area contributed by atoms with E-state index in [1.54, 1.807) is 0 Å². The summed E-state index contributed by atoms with van der Waals surface area (Å²) < 4.78 is 7.09. The van der Waals surface area contributed by atoms with Crippen molar-refractivity contribution in [3.8, 4) is 44.9 Å². The molecule has 0 bridgehead atoms. The van der Waals surface area contributed by atoms with Crippen molar-refractivity contribution in [3.63, 3.8) is 0 Å². The molecule has 16 rings (SSSR count). The Kier molecular flexibility index (Phi) is 10.7. The molecule has 0 saturated heterocycles. The largest absolute Gasteiger partial charge is 0.458 e. The molecule has 4 heterocycles. The zero-order valence-electron chi connectivity index (χ0n) is 42.9. The quantitative estimate of drug-likeness (QED) is 0.141. The summed E-state index contributed by atoms with van der Waals surface area (Å²) in [6, 6.07) is 105. The van der Waals surface area contributed by atoms with Gasteiger partial charge in [0.1, 0.15) is 11.5 Å². The number of nitrogens with zero attached hydrogens (tertiary/aromatic N) is 3. The van der Waals surface area contributed by atoms with Crippen LogP contribution in [0.2, 0.25) is 0 Å². The van der Waals surface area contributed by atoms with Crippen LogP contribution >= 0.6 is 11.8 Å². The molecule has 0 amide bonds. The van der Waals surface area contributed by atoms with Crippen LogP contribution < -0.4 is 52.2 Å². The molecule has 4 aliphatic heterocycles. The third-order valence-electron chi connectivity index (χ3n) is 16.3. The van der Waals surface area contributed by atoms with E-state index in [0.717, 1.165) is 56.8 Å². The Morgan fingerprint density at radius 3 is 1.38 bits per heavy atom. The lowest BCUT2D eigenvalue weighted by Crippen LogP contribution is -2.64. The van der Waals surface area contributed by atoms with Crippen LogP contribution in [0, 0.1) is 0 Å². The molecule has 12 aromatic carbocycles. The minimum atomic E-state index is -0.111. The topological polar surface area (TPSA) is 19.0 Å². The average molecular weight is 1020 g/mol. The van der Waals surface area contributed by atoms with E-state index in [9.17, 15) is 0 Å². The highest BCUT2D eigenvalue weighted by Gasteiger charge is 2.47. The number of hydrogen-bond acceptors (Lipinski definition) is 5. The molecule has 368 valence electrons. The predicted molar refractivity (Wildman–Crippen MR) is 333 cm³/mol. The van der Waals surface area contributed by atoms with Crippen molar-refractivity contribution in [1.82, 2.24) is 0 Å². The fourth-order valence-electron chi connectivity index (χ4n) is 13.0. The minimum absolute atomic E-state index is 0.0769. The van der Waals surface area contributed by atoms with E-state index >= 15 is 0 Å². The van der Waals surface area contributed by atoms with Crippen molar-refractivity contribution in [1.29, 1.82) is 0 Å². The number of rotatable bonds is 8. The molecular formula is C72H47B2N3OS. The number of fused-ring (bicyclic) bond motifs is 8. The fourth-order valence-corrected chi connectivity index (χ4v) is 14.2. The average Bonchev–Trinajstić information content (AvgIpc) is 3.71. The number of anilines is 9. The molecule has 7 heteroatoms. The lowest BCUT2D eigenvalue weighted by molar-refractivity contribution is 0.486. The van der Waals surface area contributed by atoms with Crippen molar-refractivity contribution in [2.24, 2.45) is 0 Å². The van der Waals surface area contributed by atoms with Gasteiger partial charge in [-0.2, -0.15) is 0 Å². The van der Waals surface area contributed by atoms with E-state index in [1.807, 2.05) is 11.8 Å². The maximum absolute atomic E-state index is 7.09. The van der Waals surface area contributed by atoms with E-state index in [2.05, 4.69) is 300 Å². The van der Waals surface area contributed by atoms with E-state index in [0.29, 0.717) is 0 Å². The van der Waals surface area contributed by atoms with Crippen LogP contribution in [-0.4, -0.2) is 13.4 Å². The maximum Gasteiger partial charge on any atom is 0.253 e. The first-order valence-corrected chi connectivity index (χ1v) is 28.0. The predicted octanol–water partition coefficient (Wildman–Crippen LogP) is 15.3. The normalized spacial score (nSPS) is 13.0. The second kappa shape index (κ2) is 18.5. The second-order valence-corrected chi connectivity index (χ2v) is 21.8. The molecule has 4 nitrogen and oxygen atoms in total. The summed E-state index contributed by atoms with van der Waals surface area (Å²) in [4.78, 5) is 9.94. The first-order chi connectivity index (χ1) is 39.2. The van der Waals surface area contributed by atoms with Crippen LogP contribution in [0.3, 0.4) is 0 Å². The van der Waals surface area contributed by atoms with Crippen LogP contribution in [0.25, 0.3) is 33.4 Å². The molecular weight excluding hydrogens is 977 g/mol. The van der Waals surface area contributed by atoms with Crippen LogP contribution in [0.1, 0.15) is 0 Å². The Morgan fingerprint density at radius 1 is 0.291 bits per heavy atom. The minimum Gasteiger partial charge on any atom is -0.458 e. The lowest BCUT2D eigenvalue weighted by atomic mass is 9.31. The summed E-state index contributed by atoms with van der Waals surface area (Å²) in [5.74, 6) is 1.78. The molecule has 0 saturated carbocycles. The van der Waals surface area contributed by atoms with Gasteiger partial charge in [0.2, 0.25) is 0 Å². The first kappa shape index (κ1) is 45.5. The van der Waals surface area contributed by atoms with Gasteiger partial charge in [0, 0.05) is 61.1 Å². The van der Waals surface area contributed by atoms with Crippen LogP contribution in [0.15, 0.2) is 295 Å². The highest BCUT2D eigenvalue weighted by molar-refractivity contribution is 8.00. The zero-order chi connectivity index (χ0) is 52.0. The molecule has 0 fully saturated rings. The molecule has 0 N–H and O–H groups in total. The standard InChI is InChI=1S/C72H47B2N3OS/c1-6-24-48(25-7-1)51-42-65-71-66(43-51)77(62-39-21-17-35-56(62)50-28-10-3-11-29-50)64-47-69-60(46-59(64)73(71)57-36-18-22-40-63(57)76(65)61-38-20-16-34-55(61)49-26-8-2-9-27-49)74-58-37-19-23-41-67(58)78-68-44-54(45-70(79-69)72(68)74)75(52-30-12-4-13-31-52)53-32-14-5-15-33-53/h1-47H. The van der Waals surface area contributed by atoms with Gasteiger partial charge in [-0.05, 0) is 122 Å². The van der Waals surface area contributed by atoms with E-state index in [-0.39, 0.29) is 13.4 Å². The Balaban J connectivity index is 0.989. The van der Waals surface area contributed by atoms with Gasteiger partial charge in [0.25, 0.3) is 13.4 Å². The van der Waals surface area contributed by atoms with Gasteiger partial charge >= 0.3 is 0 Å². The third-order valence-corrected chi connectivity index (χ3v) is 17.4. The smallest absolute Gasteiger partial charge is 0.253 e. The summed E-state index contributed by atoms with van der Waals surface area (Å²) in [6.07, 6.45) is 0. The highest BCUT2D eigenvalue weighted by atomic mass is 32.2. The fraction of sp³-hybridized carbons (Fsp3) is 0. The van der Waals surface area contributed by atoms with Gasteiger partial charge in [0.05, 0.1) is 17.1 Å². The molecule has 79 heavy (non-hydrogen) atoms. The monoisotopic (exact) mass is 1020 g/mol. The van der Waals surface area contributed by atoms with Crippen molar-refractivity contribution in [3.05, 3.63) is 285 Å². The second-order valence-electron chi connectivity index (χ2n) is 20.7. The number of ether oxygens (including phenoxy) is 1. The zero-order valence-corrected chi connectivity index (χ0v) is 43.8. The number of benzene rings is 12. The van der Waals surface area contributed by atoms with Crippen molar-refractivity contribution >= 4 is 109 Å². The molecule has 0 radical (unpaired) electrons. The molecule has 0 unspecified atom stereocenters. The van der Waals surface area contributed by atoms with Gasteiger partial charge < -0.3 is 19.4 Å². The summed E-state index contributed by atoms with van der Waals surface area (Å²) in [7, 11) is 0. The highest BCUT2D eigenvalue weighted by Crippen LogP contribution is 2.51. The molecule has 0 aliphatic carbocycles. The van der Waals surface area contributed by atoms with Gasteiger partial charge in [0.15, 0.2) is 0 Å². The van der Waals surface area contributed by atoms with Gasteiger partial charge in [-0.3, -0.25) is 0 Å². The number of hydrogen-bond donors (Lipinski definition) is 0. The van der Waals surface area contributed by atoms with Crippen molar-refractivity contribution < 1.29 is 4.74 Å². The molecule has 12 aromatic rings. The van der Waals surface area contributed by atoms with E-state index in [4.69, 9.17) is 4.74 Å². The van der Waals surface area contributed by atoms with Crippen molar-refractivity contribution in [2.45, 2.75) is 9.79 Å². The summed E-state index contributed by atoms with van der Waals surface area (Å²) in [5.41, 5.74) is 24.7. The van der Waals surface area contributed by atoms with Crippen molar-refractivity contribution in [2.75, 3.05) is 14.7 Å². The molecule has 0 aromatic heterocycles. The summed E-state index contributed by atoms with van der Waals surface area (Å²) in [6.45, 7) is -0.188. The third kappa shape index (κ3) is 7.34. The van der Waals surface area contributed by atoms with Crippen LogP contribution in [-0.2, 0) is 0 Å².